The second-order valence-electron chi connectivity index (χ2n) is 4.44. The number of benzene rings is 2. The minimum absolute atomic E-state index is 0.251. The van der Waals surface area contributed by atoms with Gasteiger partial charge in [0.1, 0.15) is 11.6 Å². The van der Waals surface area contributed by atoms with Gasteiger partial charge in [-0.1, -0.05) is 30.3 Å². The third kappa shape index (κ3) is 2.69. The minimum Gasteiger partial charge on any atom is -0.378 e. The zero-order valence-corrected chi connectivity index (χ0v) is 10.8. The van der Waals surface area contributed by atoms with Gasteiger partial charge < -0.3 is 10.3 Å². The largest absolute Gasteiger partial charge is 0.378 e. The van der Waals surface area contributed by atoms with Crippen LogP contribution < -0.4 is 5.32 Å². The van der Waals surface area contributed by atoms with Crippen LogP contribution in [0.15, 0.2) is 60.8 Å². The summed E-state index contributed by atoms with van der Waals surface area (Å²) in [5.74, 6) is 0.519. The van der Waals surface area contributed by atoms with Gasteiger partial charge in [0.05, 0.1) is 18.4 Å². The number of imidazole rings is 1. The van der Waals surface area contributed by atoms with E-state index >= 15 is 0 Å². The molecule has 0 spiro atoms. The Morgan fingerprint density at radius 1 is 1.00 bits per heavy atom. The summed E-state index contributed by atoms with van der Waals surface area (Å²) in [5, 5.41) is 3.25. The third-order valence-corrected chi connectivity index (χ3v) is 3.03. The van der Waals surface area contributed by atoms with Crippen molar-refractivity contribution in [3.8, 4) is 11.3 Å². The molecule has 0 atom stereocenters. The van der Waals surface area contributed by atoms with E-state index in [1.807, 2.05) is 30.3 Å². The SMILES string of the molecule is Fc1ccccc1-c1cnc(CNc2ccccc2)[nH]1. The molecule has 0 saturated heterocycles. The summed E-state index contributed by atoms with van der Waals surface area (Å²) >= 11 is 0. The molecular weight excluding hydrogens is 253 g/mol. The van der Waals surface area contributed by atoms with Crippen molar-refractivity contribution in [3.05, 3.63) is 72.4 Å². The molecular formula is C16H14FN3. The molecule has 0 fully saturated rings. The summed E-state index contributed by atoms with van der Waals surface area (Å²) in [7, 11) is 0. The summed E-state index contributed by atoms with van der Waals surface area (Å²) in [6.45, 7) is 0.568. The highest BCUT2D eigenvalue weighted by atomic mass is 19.1. The molecule has 1 heterocycles. The Labute approximate surface area is 116 Å². The molecule has 0 bridgehead atoms. The maximum atomic E-state index is 13.7. The molecule has 0 aliphatic rings. The predicted octanol–water partition coefficient (Wildman–Crippen LogP) is 3.83. The number of para-hydroxylation sites is 1. The van der Waals surface area contributed by atoms with Crippen LogP contribution in [0.4, 0.5) is 10.1 Å². The minimum atomic E-state index is -0.251. The molecule has 20 heavy (non-hydrogen) atoms. The molecule has 0 radical (unpaired) electrons. The standard InChI is InChI=1S/C16H14FN3/c17-14-9-5-4-8-13(14)15-10-19-16(20-15)11-18-12-6-2-1-3-7-12/h1-10,18H,11H2,(H,19,20). The second-order valence-corrected chi connectivity index (χ2v) is 4.44. The Morgan fingerprint density at radius 2 is 1.75 bits per heavy atom. The van der Waals surface area contributed by atoms with Gasteiger partial charge in [-0.2, -0.15) is 0 Å². The van der Waals surface area contributed by atoms with Crippen molar-refractivity contribution in [1.29, 1.82) is 0 Å². The molecule has 1 aromatic heterocycles. The topological polar surface area (TPSA) is 40.7 Å². The van der Waals surface area contributed by atoms with Crippen LogP contribution in [-0.4, -0.2) is 9.97 Å². The number of halogens is 1. The lowest BCUT2D eigenvalue weighted by molar-refractivity contribution is 0.631. The van der Waals surface area contributed by atoms with Gasteiger partial charge in [0.2, 0.25) is 0 Å². The first kappa shape index (κ1) is 12.4. The number of anilines is 1. The summed E-state index contributed by atoms with van der Waals surface area (Å²) in [5.41, 5.74) is 2.25. The predicted molar refractivity (Wildman–Crippen MR) is 77.8 cm³/mol. The number of hydrogen-bond acceptors (Lipinski definition) is 2. The molecule has 0 aliphatic carbocycles. The van der Waals surface area contributed by atoms with Crippen LogP contribution in [-0.2, 0) is 6.54 Å². The molecule has 3 rings (SSSR count). The fraction of sp³-hybridized carbons (Fsp3) is 0.0625. The molecule has 2 aromatic carbocycles. The van der Waals surface area contributed by atoms with E-state index in [1.54, 1.807) is 24.4 Å². The van der Waals surface area contributed by atoms with Gasteiger partial charge in [0, 0.05) is 11.3 Å². The van der Waals surface area contributed by atoms with Crippen molar-refractivity contribution < 1.29 is 4.39 Å². The van der Waals surface area contributed by atoms with E-state index < -0.39 is 0 Å². The second kappa shape index (κ2) is 5.57. The number of aromatic nitrogens is 2. The lowest BCUT2D eigenvalue weighted by Gasteiger charge is -2.03. The lowest BCUT2D eigenvalue weighted by Crippen LogP contribution is -2.00. The quantitative estimate of drug-likeness (QED) is 0.754. The smallest absolute Gasteiger partial charge is 0.132 e. The van der Waals surface area contributed by atoms with Gasteiger partial charge in [-0.05, 0) is 24.3 Å². The van der Waals surface area contributed by atoms with Crippen LogP contribution in [0.1, 0.15) is 5.82 Å². The van der Waals surface area contributed by atoms with Crippen molar-refractivity contribution in [1.82, 2.24) is 9.97 Å². The molecule has 0 amide bonds. The Kier molecular flexibility index (Phi) is 3.46. The summed E-state index contributed by atoms with van der Waals surface area (Å²) in [6.07, 6.45) is 1.65. The van der Waals surface area contributed by atoms with E-state index in [-0.39, 0.29) is 5.82 Å². The fourth-order valence-electron chi connectivity index (χ4n) is 2.01. The van der Waals surface area contributed by atoms with Gasteiger partial charge in [-0.25, -0.2) is 9.37 Å². The normalized spacial score (nSPS) is 10.4. The highest BCUT2D eigenvalue weighted by molar-refractivity contribution is 5.59. The van der Waals surface area contributed by atoms with Crippen LogP contribution in [0.2, 0.25) is 0 Å². The van der Waals surface area contributed by atoms with E-state index in [9.17, 15) is 4.39 Å². The Hall–Kier alpha value is -2.62. The van der Waals surface area contributed by atoms with E-state index in [0.29, 0.717) is 17.8 Å². The van der Waals surface area contributed by atoms with Crippen LogP contribution >= 0.6 is 0 Å². The maximum absolute atomic E-state index is 13.7. The molecule has 0 aliphatic heterocycles. The third-order valence-electron chi connectivity index (χ3n) is 3.03. The first-order valence-corrected chi connectivity index (χ1v) is 6.40. The van der Waals surface area contributed by atoms with E-state index in [2.05, 4.69) is 15.3 Å². The lowest BCUT2D eigenvalue weighted by atomic mass is 10.1. The molecule has 0 unspecified atom stereocenters. The zero-order valence-electron chi connectivity index (χ0n) is 10.8. The number of H-pyrrole nitrogens is 1. The molecule has 4 heteroatoms. The Bertz CT molecular complexity index is 692. The number of nitrogens with zero attached hydrogens (tertiary/aromatic N) is 1. The van der Waals surface area contributed by atoms with Gasteiger partial charge in [-0.15, -0.1) is 0 Å². The van der Waals surface area contributed by atoms with Crippen LogP contribution in [0, 0.1) is 5.82 Å². The van der Waals surface area contributed by atoms with Gasteiger partial charge >= 0.3 is 0 Å². The molecule has 3 nitrogen and oxygen atoms in total. The summed E-state index contributed by atoms with van der Waals surface area (Å²) in [4.78, 5) is 7.39. The first-order chi connectivity index (χ1) is 9.83. The summed E-state index contributed by atoms with van der Waals surface area (Å²) in [6, 6.07) is 16.5. The zero-order chi connectivity index (χ0) is 13.8. The Morgan fingerprint density at radius 3 is 2.55 bits per heavy atom. The van der Waals surface area contributed by atoms with Crippen molar-refractivity contribution in [2.75, 3.05) is 5.32 Å². The van der Waals surface area contributed by atoms with E-state index in [1.165, 1.54) is 6.07 Å². The fourth-order valence-corrected chi connectivity index (χ4v) is 2.01. The number of rotatable bonds is 4. The average molecular weight is 267 g/mol. The van der Waals surface area contributed by atoms with Crippen LogP contribution in [0.25, 0.3) is 11.3 Å². The van der Waals surface area contributed by atoms with Gasteiger partial charge in [0.15, 0.2) is 0 Å². The maximum Gasteiger partial charge on any atom is 0.132 e. The van der Waals surface area contributed by atoms with Gasteiger partial charge in [0.25, 0.3) is 0 Å². The average Bonchev–Trinajstić information content (AvgIpc) is 2.95. The van der Waals surface area contributed by atoms with Gasteiger partial charge in [-0.3, -0.25) is 0 Å². The van der Waals surface area contributed by atoms with Crippen LogP contribution in [0.3, 0.4) is 0 Å². The number of nitrogens with one attached hydrogen (secondary N) is 2. The van der Waals surface area contributed by atoms with Crippen molar-refractivity contribution in [3.63, 3.8) is 0 Å². The number of hydrogen-bond donors (Lipinski definition) is 2. The van der Waals surface area contributed by atoms with Crippen molar-refractivity contribution >= 4 is 5.69 Å². The Balaban J connectivity index is 1.73. The van der Waals surface area contributed by atoms with Crippen LogP contribution in [0.5, 0.6) is 0 Å². The first-order valence-electron chi connectivity index (χ1n) is 6.40. The molecule has 0 saturated carbocycles. The number of aromatic amines is 1. The molecule has 2 N–H and O–H groups in total. The monoisotopic (exact) mass is 267 g/mol. The highest BCUT2D eigenvalue weighted by Gasteiger charge is 2.07. The van der Waals surface area contributed by atoms with E-state index in [4.69, 9.17) is 0 Å². The van der Waals surface area contributed by atoms with Crippen molar-refractivity contribution in [2.45, 2.75) is 6.54 Å². The molecule has 3 aromatic rings. The highest BCUT2D eigenvalue weighted by Crippen LogP contribution is 2.20. The summed E-state index contributed by atoms with van der Waals surface area (Å²) < 4.78 is 13.7. The van der Waals surface area contributed by atoms with E-state index in [0.717, 1.165) is 11.5 Å². The molecule has 100 valence electrons. The van der Waals surface area contributed by atoms with Crippen molar-refractivity contribution in [2.24, 2.45) is 0 Å².